The number of hydrogen-bond acceptors (Lipinski definition) is 5. The minimum Gasteiger partial charge on any atom is -0.444 e. The number of halogens is 1. The number of oxazole rings is 1. The van der Waals surface area contributed by atoms with Gasteiger partial charge in [-0.1, -0.05) is 0 Å². The van der Waals surface area contributed by atoms with Crippen LogP contribution < -0.4 is 11.1 Å². The van der Waals surface area contributed by atoms with Crippen LogP contribution in [0, 0.1) is 0 Å². The van der Waals surface area contributed by atoms with Crippen LogP contribution in [0.1, 0.15) is 12.8 Å². The molecular formula is C15H18ClN3O3. The lowest BCUT2D eigenvalue weighted by Crippen LogP contribution is -2.54. The van der Waals surface area contributed by atoms with Crippen LogP contribution in [0.25, 0.3) is 11.3 Å². The molecule has 2 heterocycles. The maximum Gasteiger partial charge on any atom is 0.244 e. The number of aromatic nitrogens is 1. The number of benzene rings is 1. The summed E-state index contributed by atoms with van der Waals surface area (Å²) >= 11 is 0. The zero-order valence-electron chi connectivity index (χ0n) is 12.0. The van der Waals surface area contributed by atoms with E-state index in [0.717, 1.165) is 5.56 Å². The molecule has 2 aromatic rings. The van der Waals surface area contributed by atoms with Crippen molar-refractivity contribution < 1.29 is 13.9 Å². The Morgan fingerprint density at radius 2 is 1.91 bits per heavy atom. The van der Waals surface area contributed by atoms with E-state index >= 15 is 0 Å². The van der Waals surface area contributed by atoms with E-state index in [1.807, 2.05) is 24.3 Å². The van der Waals surface area contributed by atoms with Crippen molar-refractivity contribution in [2.45, 2.75) is 18.4 Å². The van der Waals surface area contributed by atoms with Gasteiger partial charge in [-0.2, -0.15) is 0 Å². The fraction of sp³-hybridized carbons (Fsp3) is 0.333. The van der Waals surface area contributed by atoms with Gasteiger partial charge in [0.05, 0.1) is 6.20 Å². The molecular weight excluding hydrogens is 306 g/mol. The maximum absolute atomic E-state index is 12.3. The summed E-state index contributed by atoms with van der Waals surface area (Å²) in [5.74, 6) is 0.519. The number of carbonyl (C=O) groups is 1. The molecule has 0 radical (unpaired) electrons. The highest BCUT2D eigenvalue weighted by molar-refractivity contribution is 5.98. The van der Waals surface area contributed by atoms with Gasteiger partial charge in [0, 0.05) is 24.5 Å². The van der Waals surface area contributed by atoms with E-state index < -0.39 is 5.54 Å². The lowest BCUT2D eigenvalue weighted by molar-refractivity contribution is -0.124. The number of rotatable bonds is 3. The summed E-state index contributed by atoms with van der Waals surface area (Å²) in [6.07, 6.45) is 4.10. The molecule has 22 heavy (non-hydrogen) atoms. The van der Waals surface area contributed by atoms with Gasteiger partial charge in [-0.25, -0.2) is 4.98 Å². The highest BCUT2D eigenvalue weighted by atomic mass is 35.5. The van der Waals surface area contributed by atoms with Crippen LogP contribution in [-0.2, 0) is 9.53 Å². The molecule has 1 fully saturated rings. The molecule has 118 valence electrons. The molecule has 3 rings (SSSR count). The SMILES string of the molecule is Cl.NC1(C(=O)Nc2ccc(-c3cnco3)cc2)CCOCC1. The van der Waals surface area contributed by atoms with Crippen LogP contribution in [0.2, 0.25) is 0 Å². The van der Waals surface area contributed by atoms with Gasteiger partial charge in [0.2, 0.25) is 5.91 Å². The van der Waals surface area contributed by atoms with Crippen LogP contribution in [0.3, 0.4) is 0 Å². The molecule has 0 atom stereocenters. The summed E-state index contributed by atoms with van der Waals surface area (Å²) in [5, 5.41) is 2.86. The predicted molar refractivity (Wildman–Crippen MR) is 84.8 cm³/mol. The van der Waals surface area contributed by atoms with Crippen LogP contribution in [0.15, 0.2) is 41.3 Å². The number of nitrogens with two attached hydrogens (primary N) is 1. The van der Waals surface area contributed by atoms with Gasteiger partial charge in [0.15, 0.2) is 12.2 Å². The van der Waals surface area contributed by atoms with Gasteiger partial charge in [-0.3, -0.25) is 4.79 Å². The third kappa shape index (κ3) is 3.47. The van der Waals surface area contributed by atoms with Crippen molar-refractivity contribution in [2.24, 2.45) is 5.73 Å². The Balaban J connectivity index is 0.00000176. The number of nitrogens with one attached hydrogen (secondary N) is 1. The van der Waals surface area contributed by atoms with Gasteiger partial charge < -0.3 is 20.2 Å². The third-order valence-corrected chi connectivity index (χ3v) is 3.70. The first-order chi connectivity index (χ1) is 10.2. The number of ether oxygens (including phenoxy) is 1. The average molecular weight is 324 g/mol. The van der Waals surface area contributed by atoms with Crippen molar-refractivity contribution in [3.63, 3.8) is 0 Å². The van der Waals surface area contributed by atoms with Crippen LogP contribution >= 0.6 is 12.4 Å². The molecule has 1 amide bonds. The Morgan fingerprint density at radius 3 is 2.50 bits per heavy atom. The maximum atomic E-state index is 12.3. The molecule has 0 bridgehead atoms. The fourth-order valence-corrected chi connectivity index (χ4v) is 2.29. The smallest absolute Gasteiger partial charge is 0.244 e. The topological polar surface area (TPSA) is 90.4 Å². The second-order valence-corrected chi connectivity index (χ2v) is 5.17. The molecule has 0 unspecified atom stereocenters. The molecule has 0 aliphatic carbocycles. The van der Waals surface area contributed by atoms with Gasteiger partial charge in [-0.05, 0) is 37.1 Å². The largest absolute Gasteiger partial charge is 0.444 e. The van der Waals surface area contributed by atoms with E-state index in [1.165, 1.54) is 6.39 Å². The van der Waals surface area contributed by atoms with Crippen LogP contribution in [0.5, 0.6) is 0 Å². The number of hydrogen-bond donors (Lipinski definition) is 2. The zero-order valence-corrected chi connectivity index (χ0v) is 12.8. The van der Waals surface area contributed by atoms with Crippen molar-refractivity contribution in [1.82, 2.24) is 4.98 Å². The van der Waals surface area contributed by atoms with Gasteiger partial charge >= 0.3 is 0 Å². The first-order valence-electron chi connectivity index (χ1n) is 6.84. The Kier molecular flexibility index (Phi) is 5.18. The molecule has 0 saturated carbocycles. The number of carbonyl (C=O) groups excluding carboxylic acids is 1. The fourth-order valence-electron chi connectivity index (χ4n) is 2.29. The standard InChI is InChI=1S/C15H17N3O3.ClH/c16-15(5-7-20-8-6-15)14(19)18-12-3-1-11(2-4-12)13-9-17-10-21-13;/h1-4,9-10H,5-8,16H2,(H,18,19);1H. The highest BCUT2D eigenvalue weighted by Gasteiger charge is 2.35. The molecule has 1 aliphatic heterocycles. The van der Waals surface area contributed by atoms with Crippen molar-refractivity contribution >= 4 is 24.0 Å². The van der Waals surface area contributed by atoms with Crippen molar-refractivity contribution in [2.75, 3.05) is 18.5 Å². The minimum atomic E-state index is -0.845. The first kappa shape index (κ1) is 16.5. The van der Waals surface area contributed by atoms with Crippen molar-refractivity contribution in [3.8, 4) is 11.3 Å². The van der Waals surface area contributed by atoms with E-state index in [-0.39, 0.29) is 18.3 Å². The highest BCUT2D eigenvalue weighted by Crippen LogP contribution is 2.23. The molecule has 0 spiro atoms. The molecule has 7 heteroatoms. The van der Waals surface area contributed by atoms with E-state index in [0.29, 0.717) is 37.5 Å². The molecule has 6 nitrogen and oxygen atoms in total. The normalized spacial score (nSPS) is 16.6. The molecule has 1 aromatic carbocycles. The second kappa shape index (κ2) is 6.91. The predicted octanol–water partition coefficient (Wildman–Crippen LogP) is 2.21. The lowest BCUT2D eigenvalue weighted by Gasteiger charge is -2.31. The first-order valence-corrected chi connectivity index (χ1v) is 6.84. The Labute approximate surface area is 134 Å². The number of nitrogens with zero attached hydrogens (tertiary/aromatic N) is 1. The lowest BCUT2D eigenvalue weighted by atomic mass is 9.90. The summed E-state index contributed by atoms with van der Waals surface area (Å²) in [5.41, 5.74) is 6.91. The summed E-state index contributed by atoms with van der Waals surface area (Å²) in [6, 6.07) is 7.36. The molecule has 1 aromatic heterocycles. The summed E-state index contributed by atoms with van der Waals surface area (Å²) < 4.78 is 10.5. The van der Waals surface area contributed by atoms with Gasteiger partial charge in [-0.15, -0.1) is 12.4 Å². The summed E-state index contributed by atoms with van der Waals surface area (Å²) in [4.78, 5) is 16.2. The third-order valence-electron chi connectivity index (χ3n) is 3.70. The molecule has 3 N–H and O–H groups in total. The zero-order chi connectivity index (χ0) is 14.7. The summed E-state index contributed by atoms with van der Waals surface area (Å²) in [6.45, 7) is 1.04. The molecule has 1 aliphatic rings. The van der Waals surface area contributed by atoms with Crippen molar-refractivity contribution in [1.29, 1.82) is 0 Å². The van der Waals surface area contributed by atoms with Crippen molar-refractivity contribution in [3.05, 3.63) is 36.9 Å². The van der Waals surface area contributed by atoms with E-state index in [9.17, 15) is 4.79 Å². The summed E-state index contributed by atoms with van der Waals surface area (Å²) in [7, 11) is 0. The van der Waals surface area contributed by atoms with Crippen LogP contribution in [0.4, 0.5) is 5.69 Å². The van der Waals surface area contributed by atoms with Crippen LogP contribution in [-0.4, -0.2) is 29.6 Å². The van der Waals surface area contributed by atoms with Gasteiger partial charge in [0.25, 0.3) is 0 Å². The minimum absolute atomic E-state index is 0. The number of amides is 1. The Morgan fingerprint density at radius 1 is 1.23 bits per heavy atom. The quantitative estimate of drug-likeness (QED) is 0.903. The van der Waals surface area contributed by atoms with E-state index in [1.54, 1.807) is 6.20 Å². The van der Waals surface area contributed by atoms with Gasteiger partial charge in [0.1, 0.15) is 5.54 Å². The average Bonchev–Trinajstić information content (AvgIpc) is 3.03. The second-order valence-electron chi connectivity index (χ2n) is 5.17. The van der Waals surface area contributed by atoms with E-state index in [2.05, 4.69) is 10.3 Å². The monoisotopic (exact) mass is 323 g/mol. The number of anilines is 1. The molecule has 1 saturated heterocycles. The Hall–Kier alpha value is -1.89. The van der Waals surface area contributed by atoms with E-state index in [4.69, 9.17) is 14.9 Å². The Bertz CT molecular complexity index is 607.